The van der Waals surface area contributed by atoms with Gasteiger partial charge in [0.2, 0.25) is 5.91 Å². The molecule has 2 rings (SSSR count). The highest BCUT2D eigenvalue weighted by atomic mass is 32.2. The summed E-state index contributed by atoms with van der Waals surface area (Å²) in [6.45, 7) is 7.21. The average molecular weight is 372 g/mol. The lowest BCUT2D eigenvalue weighted by Gasteiger charge is -2.29. The van der Waals surface area contributed by atoms with Crippen LogP contribution in [0.1, 0.15) is 13.8 Å². The zero-order valence-electron chi connectivity index (χ0n) is 14.6. The Morgan fingerprint density at radius 2 is 1.84 bits per heavy atom. The van der Waals surface area contributed by atoms with Gasteiger partial charge < -0.3 is 10.1 Å². The summed E-state index contributed by atoms with van der Waals surface area (Å²) in [5.41, 5.74) is 0. The number of benzene rings is 1. The number of hydrogen-bond donors (Lipinski definition) is 1. The van der Waals surface area contributed by atoms with Crippen LogP contribution in [0, 0.1) is 11.7 Å². The number of hydrogen-bond acceptors (Lipinski definition) is 5. The summed E-state index contributed by atoms with van der Waals surface area (Å²) in [5.74, 6) is -1.80. The van der Waals surface area contributed by atoms with Gasteiger partial charge in [0.1, 0.15) is 5.82 Å². The molecule has 0 spiro atoms. The number of halogens is 1. The lowest BCUT2D eigenvalue weighted by Crippen LogP contribution is -2.47. The van der Waals surface area contributed by atoms with Gasteiger partial charge >= 0.3 is 0 Å². The van der Waals surface area contributed by atoms with E-state index in [9.17, 15) is 17.6 Å². The average Bonchev–Trinajstić information content (AvgIpc) is 2.55. The fourth-order valence-corrected chi connectivity index (χ4v) is 4.30. The monoisotopic (exact) mass is 372 g/mol. The van der Waals surface area contributed by atoms with Crippen LogP contribution in [0.25, 0.3) is 0 Å². The number of morpholine rings is 1. The van der Waals surface area contributed by atoms with Crippen LogP contribution >= 0.6 is 0 Å². The van der Waals surface area contributed by atoms with Crippen LogP contribution in [-0.4, -0.2) is 63.9 Å². The van der Waals surface area contributed by atoms with E-state index in [2.05, 4.69) is 10.2 Å². The standard InChI is InChI=1S/C17H25FN2O4S/c1-13(12-25(22,23)16-5-3-15(18)4-6-16)17(21)19-14(2)11-20-7-9-24-10-8-20/h3-6,13-14H,7-12H2,1-2H3,(H,19,21)/t13-,14-/m0/s1. The van der Waals surface area contributed by atoms with Gasteiger partial charge in [0, 0.05) is 31.6 Å². The summed E-state index contributed by atoms with van der Waals surface area (Å²) in [4.78, 5) is 14.5. The van der Waals surface area contributed by atoms with Gasteiger partial charge in [0.15, 0.2) is 9.84 Å². The fraction of sp³-hybridized carbons (Fsp3) is 0.588. The third-order valence-electron chi connectivity index (χ3n) is 4.11. The molecule has 1 aliphatic heterocycles. The highest BCUT2D eigenvalue weighted by Gasteiger charge is 2.24. The normalized spacial score (nSPS) is 18.5. The first kappa shape index (κ1) is 19.8. The molecule has 0 aliphatic carbocycles. The van der Waals surface area contributed by atoms with Crippen molar-refractivity contribution < 1.29 is 22.3 Å². The lowest BCUT2D eigenvalue weighted by molar-refractivity contribution is -0.124. The molecule has 0 radical (unpaired) electrons. The van der Waals surface area contributed by atoms with E-state index < -0.39 is 21.6 Å². The van der Waals surface area contributed by atoms with Gasteiger partial charge in [0.25, 0.3) is 0 Å². The molecule has 25 heavy (non-hydrogen) atoms. The van der Waals surface area contributed by atoms with Crippen LogP contribution in [0.2, 0.25) is 0 Å². The number of nitrogens with one attached hydrogen (secondary N) is 1. The topological polar surface area (TPSA) is 75.7 Å². The van der Waals surface area contributed by atoms with Crippen molar-refractivity contribution in [2.75, 3.05) is 38.6 Å². The summed E-state index contributed by atoms with van der Waals surface area (Å²) < 4.78 is 42.9. The minimum atomic E-state index is -3.64. The number of rotatable bonds is 7. The largest absolute Gasteiger partial charge is 0.379 e. The molecule has 1 aliphatic rings. The number of amides is 1. The van der Waals surface area contributed by atoms with Gasteiger partial charge in [0.05, 0.1) is 23.9 Å². The van der Waals surface area contributed by atoms with Crippen molar-refractivity contribution in [3.8, 4) is 0 Å². The highest BCUT2D eigenvalue weighted by molar-refractivity contribution is 7.91. The van der Waals surface area contributed by atoms with E-state index in [4.69, 9.17) is 4.74 Å². The zero-order valence-corrected chi connectivity index (χ0v) is 15.4. The van der Waals surface area contributed by atoms with Crippen LogP contribution in [0.4, 0.5) is 4.39 Å². The zero-order chi connectivity index (χ0) is 18.4. The third kappa shape index (κ3) is 6.05. The van der Waals surface area contributed by atoms with Crippen LogP contribution in [-0.2, 0) is 19.4 Å². The lowest BCUT2D eigenvalue weighted by atomic mass is 10.2. The Morgan fingerprint density at radius 1 is 1.24 bits per heavy atom. The SMILES string of the molecule is C[C@@H](CN1CCOCC1)NC(=O)[C@@H](C)CS(=O)(=O)c1ccc(F)cc1. The van der Waals surface area contributed by atoms with E-state index in [0.717, 1.165) is 25.2 Å². The third-order valence-corrected chi connectivity index (χ3v) is 6.04. The Kier molecular flexibility index (Phi) is 6.92. The number of carbonyl (C=O) groups is 1. The van der Waals surface area contributed by atoms with E-state index >= 15 is 0 Å². The Balaban J connectivity index is 1.87. The molecule has 140 valence electrons. The van der Waals surface area contributed by atoms with Crippen LogP contribution in [0.3, 0.4) is 0 Å². The predicted octanol–water partition coefficient (Wildman–Crippen LogP) is 1.07. The summed E-state index contributed by atoms with van der Waals surface area (Å²) in [5, 5.41) is 2.86. The van der Waals surface area contributed by atoms with Gasteiger partial charge in [-0.05, 0) is 31.2 Å². The van der Waals surface area contributed by atoms with Gasteiger partial charge in [-0.1, -0.05) is 6.92 Å². The number of sulfone groups is 1. The van der Waals surface area contributed by atoms with E-state index in [1.807, 2.05) is 6.92 Å². The Labute approximate surface area is 148 Å². The summed E-state index contributed by atoms with van der Waals surface area (Å²) in [7, 11) is -3.64. The van der Waals surface area contributed by atoms with Gasteiger partial charge in [-0.25, -0.2) is 12.8 Å². The molecule has 0 saturated carbocycles. The number of ether oxygens (including phenoxy) is 1. The van der Waals surface area contributed by atoms with Crippen molar-refractivity contribution in [1.29, 1.82) is 0 Å². The first-order valence-electron chi connectivity index (χ1n) is 8.37. The Bertz CT molecular complexity index is 672. The molecule has 0 bridgehead atoms. The van der Waals surface area contributed by atoms with Crippen molar-refractivity contribution in [3.63, 3.8) is 0 Å². The van der Waals surface area contributed by atoms with Gasteiger partial charge in [-0.2, -0.15) is 0 Å². The smallest absolute Gasteiger partial charge is 0.224 e. The van der Waals surface area contributed by atoms with Crippen LogP contribution in [0.15, 0.2) is 29.2 Å². The van der Waals surface area contributed by atoms with Crippen molar-refractivity contribution in [1.82, 2.24) is 10.2 Å². The van der Waals surface area contributed by atoms with Crippen molar-refractivity contribution in [2.45, 2.75) is 24.8 Å². The van der Waals surface area contributed by atoms with Crippen molar-refractivity contribution >= 4 is 15.7 Å². The summed E-state index contributed by atoms with van der Waals surface area (Å²) >= 11 is 0. The maximum absolute atomic E-state index is 12.9. The quantitative estimate of drug-likeness (QED) is 0.725. The number of carbonyl (C=O) groups excluding carboxylic acids is 1. The second-order valence-corrected chi connectivity index (χ2v) is 8.49. The first-order valence-corrected chi connectivity index (χ1v) is 10.0. The maximum atomic E-state index is 12.9. The Hall–Kier alpha value is -1.51. The molecular weight excluding hydrogens is 347 g/mol. The van der Waals surface area contributed by atoms with Crippen molar-refractivity contribution in [3.05, 3.63) is 30.1 Å². The molecular formula is C17H25FN2O4S. The van der Waals surface area contributed by atoms with Crippen LogP contribution < -0.4 is 5.32 Å². The van der Waals surface area contributed by atoms with E-state index in [-0.39, 0.29) is 22.6 Å². The predicted molar refractivity (Wildman–Crippen MR) is 92.5 cm³/mol. The highest BCUT2D eigenvalue weighted by Crippen LogP contribution is 2.15. The molecule has 1 aromatic rings. The minimum absolute atomic E-state index is 0.0231. The molecule has 1 amide bonds. The minimum Gasteiger partial charge on any atom is -0.379 e. The molecule has 1 heterocycles. The van der Waals surface area contributed by atoms with Crippen LogP contribution in [0.5, 0.6) is 0 Å². The Morgan fingerprint density at radius 3 is 2.44 bits per heavy atom. The molecule has 0 unspecified atom stereocenters. The molecule has 6 nitrogen and oxygen atoms in total. The summed E-state index contributed by atoms with van der Waals surface area (Å²) in [6, 6.07) is 4.55. The summed E-state index contributed by atoms with van der Waals surface area (Å²) in [6.07, 6.45) is 0. The van der Waals surface area contributed by atoms with E-state index in [0.29, 0.717) is 19.8 Å². The maximum Gasteiger partial charge on any atom is 0.224 e. The van der Waals surface area contributed by atoms with E-state index in [1.54, 1.807) is 6.92 Å². The fourth-order valence-electron chi connectivity index (χ4n) is 2.74. The second-order valence-electron chi connectivity index (χ2n) is 6.46. The molecule has 2 atom stereocenters. The van der Waals surface area contributed by atoms with Gasteiger partial charge in [-0.15, -0.1) is 0 Å². The second kappa shape index (κ2) is 8.73. The molecule has 1 N–H and O–H groups in total. The number of nitrogens with zero attached hydrogens (tertiary/aromatic N) is 1. The van der Waals surface area contributed by atoms with Gasteiger partial charge in [-0.3, -0.25) is 9.69 Å². The first-order chi connectivity index (χ1) is 11.8. The molecule has 1 fully saturated rings. The molecule has 8 heteroatoms. The molecule has 1 aromatic carbocycles. The van der Waals surface area contributed by atoms with Crippen molar-refractivity contribution in [2.24, 2.45) is 5.92 Å². The molecule has 0 aromatic heterocycles. The molecule has 1 saturated heterocycles. The van der Waals surface area contributed by atoms with E-state index in [1.165, 1.54) is 12.1 Å².